The van der Waals surface area contributed by atoms with Crippen molar-refractivity contribution >= 4 is 43.6 Å². The predicted octanol–water partition coefficient (Wildman–Crippen LogP) is 9.03. The number of rotatable bonds is 3. The lowest BCUT2D eigenvalue weighted by Crippen LogP contribution is -2.19. The van der Waals surface area contributed by atoms with E-state index < -0.39 is 0 Å². The van der Waals surface area contributed by atoms with Gasteiger partial charge in [-0.3, -0.25) is 4.57 Å². The second-order valence-electron chi connectivity index (χ2n) is 11.8. The molecule has 42 heavy (non-hydrogen) atoms. The Morgan fingerprint density at radius 1 is 0.452 bits per heavy atom. The van der Waals surface area contributed by atoms with Crippen LogP contribution in [0.3, 0.4) is 0 Å². The van der Waals surface area contributed by atoms with Crippen molar-refractivity contribution < 1.29 is 0 Å². The van der Waals surface area contributed by atoms with Gasteiger partial charge in [0.15, 0.2) is 5.82 Å². The van der Waals surface area contributed by atoms with Gasteiger partial charge in [-0.15, -0.1) is 0 Å². The zero-order valence-electron chi connectivity index (χ0n) is 23.8. The summed E-state index contributed by atoms with van der Waals surface area (Å²) in [6.07, 6.45) is 0. The van der Waals surface area contributed by atoms with Crippen molar-refractivity contribution in [1.29, 1.82) is 0 Å². The maximum Gasteiger partial charge on any atom is 0.238 e. The van der Waals surface area contributed by atoms with Crippen molar-refractivity contribution in [3.8, 4) is 23.0 Å². The Hall–Kier alpha value is -5.29. The molecule has 0 amide bonds. The maximum atomic E-state index is 5.22. The second kappa shape index (κ2) is 9.11. The summed E-state index contributed by atoms with van der Waals surface area (Å²) in [7, 11) is 0. The van der Waals surface area contributed by atoms with Gasteiger partial charge in [0.2, 0.25) is 5.95 Å². The van der Waals surface area contributed by atoms with Crippen LogP contribution < -0.4 is 0 Å². The number of nitrogens with zero attached hydrogens (tertiary/aromatic N) is 5. The minimum Gasteiger partial charge on any atom is -0.309 e. The summed E-state index contributed by atoms with van der Waals surface area (Å²) >= 11 is 0. The third-order valence-corrected chi connectivity index (χ3v) is 8.04. The van der Waals surface area contributed by atoms with Crippen LogP contribution in [0.2, 0.25) is 0 Å². The average Bonchev–Trinajstić information content (AvgIpc) is 3.54. The molecule has 0 aliphatic heterocycles. The fourth-order valence-corrected chi connectivity index (χ4v) is 6.10. The molecule has 5 heteroatoms. The zero-order valence-corrected chi connectivity index (χ0v) is 23.8. The van der Waals surface area contributed by atoms with E-state index in [-0.39, 0.29) is 5.41 Å². The van der Waals surface area contributed by atoms with Gasteiger partial charge in [0.05, 0.1) is 27.8 Å². The molecule has 5 aromatic carbocycles. The minimum absolute atomic E-state index is 0.285. The Labute approximate surface area is 243 Å². The molecule has 0 spiro atoms. The van der Waals surface area contributed by atoms with E-state index in [1.165, 1.54) is 21.5 Å². The minimum atomic E-state index is -0.285. The van der Waals surface area contributed by atoms with Gasteiger partial charge in [-0.25, -0.2) is 4.98 Å². The van der Waals surface area contributed by atoms with E-state index in [4.69, 9.17) is 15.0 Å². The van der Waals surface area contributed by atoms with Gasteiger partial charge in [0.1, 0.15) is 5.82 Å². The lowest BCUT2D eigenvalue weighted by atomic mass is 9.95. The second-order valence-corrected chi connectivity index (χ2v) is 11.8. The van der Waals surface area contributed by atoms with E-state index >= 15 is 0 Å². The largest absolute Gasteiger partial charge is 0.309 e. The molecular weight excluding hydrogens is 514 g/mol. The molecule has 0 fully saturated rings. The van der Waals surface area contributed by atoms with Crippen molar-refractivity contribution in [2.45, 2.75) is 26.2 Å². The first-order chi connectivity index (χ1) is 20.5. The number of fused-ring (bicyclic) bond motifs is 6. The fourth-order valence-electron chi connectivity index (χ4n) is 6.10. The van der Waals surface area contributed by atoms with Gasteiger partial charge in [0, 0.05) is 32.5 Å². The highest BCUT2D eigenvalue weighted by molar-refractivity contribution is 6.10. The Morgan fingerprint density at radius 3 is 1.38 bits per heavy atom. The van der Waals surface area contributed by atoms with Crippen LogP contribution in [0.4, 0.5) is 0 Å². The summed E-state index contributed by atoms with van der Waals surface area (Å²) in [5.74, 6) is 2.03. The number of benzene rings is 5. The van der Waals surface area contributed by atoms with Crippen molar-refractivity contribution in [3.63, 3.8) is 0 Å². The monoisotopic (exact) mass is 543 g/mol. The zero-order chi connectivity index (χ0) is 28.4. The SMILES string of the molecule is CC(C)(C)c1nc(-c2ccccc2-n2c3ccccc3c3ccccc32)nc(-n2c3ccccc3c3ccccc32)n1. The summed E-state index contributed by atoms with van der Waals surface area (Å²) in [6.45, 7) is 6.46. The molecule has 8 aromatic rings. The number of hydrogen-bond acceptors (Lipinski definition) is 3. The molecule has 0 saturated heterocycles. The van der Waals surface area contributed by atoms with E-state index in [9.17, 15) is 0 Å². The van der Waals surface area contributed by atoms with Crippen LogP contribution in [0.15, 0.2) is 121 Å². The van der Waals surface area contributed by atoms with Gasteiger partial charge in [-0.2, -0.15) is 9.97 Å². The molecule has 0 N–H and O–H groups in total. The third-order valence-electron chi connectivity index (χ3n) is 8.04. The summed E-state index contributed by atoms with van der Waals surface area (Å²) in [6, 6.07) is 42.5. The highest BCUT2D eigenvalue weighted by Crippen LogP contribution is 2.37. The lowest BCUT2D eigenvalue weighted by Gasteiger charge is -2.20. The molecule has 0 aliphatic carbocycles. The van der Waals surface area contributed by atoms with Crippen LogP contribution in [-0.4, -0.2) is 24.1 Å². The Morgan fingerprint density at radius 2 is 0.881 bits per heavy atom. The lowest BCUT2D eigenvalue weighted by molar-refractivity contribution is 0.540. The molecule has 8 rings (SSSR count). The van der Waals surface area contributed by atoms with Crippen LogP contribution >= 0.6 is 0 Å². The van der Waals surface area contributed by atoms with Crippen LogP contribution in [0.1, 0.15) is 26.6 Å². The first-order valence-corrected chi connectivity index (χ1v) is 14.3. The number of hydrogen-bond donors (Lipinski definition) is 0. The van der Waals surface area contributed by atoms with Gasteiger partial charge in [-0.1, -0.05) is 106 Å². The molecule has 5 nitrogen and oxygen atoms in total. The Balaban J connectivity index is 1.45. The first-order valence-electron chi connectivity index (χ1n) is 14.3. The van der Waals surface area contributed by atoms with Crippen LogP contribution in [0.25, 0.3) is 66.6 Å². The normalized spacial score (nSPS) is 12.2. The summed E-state index contributed by atoms with van der Waals surface area (Å²) < 4.78 is 4.51. The molecule has 0 aliphatic rings. The maximum absolute atomic E-state index is 5.22. The molecule has 0 radical (unpaired) electrons. The van der Waals surface area contributed by atoms with E-state index in [1.54, 1.807) is 0 Å². The quantitative estimate of drug-likeness (QED) is 0.223. The third kappa shape index (κ3) is 3.67. The molecule has 0 saturated carbocycles. The van der Waals surface area contributed by atoms with Crippen molar-refractivity contribution in [2.24, 2.45) is 0 Å². The van der Waals surface area contributed by atoms with Gasteiger partial charge in [0.25, 0.3) is 0 Å². The van der Waals surface area contributed by atoms with Crippen LogP contribution in [0.5, 0.6) is 0 Å². The Bertz CT molecular complexity index is 2190. The predicted molar refractivity (Wildman–Crippen MR) is 173 cm³/mol. The molecule has 202 valence electrons. The number of para-hydroxylation sites is 5. The molecular formula is C37H29N5. The van der Waals surface area contributed by atoms with Crippen LogP contribution in [-0.2, 0) is 5.41 Å². The van der Waals surface area contributed by atoms with E-state index in [1.807, 2.05) is 0 Å². The molecule has 3 heterocycles. The van der Waals surface area contributed by atoms with Crippen molar-refractivity contribution in [2.75, 3.05) is 0 Å². The van der Waals surface area contributed by atoms with E-state index in [0.717, 1.165) is 39.1 Å². The van der Waals surface area contributed by atoms with Gasteiger partial charge < -0.3 is 4.57 Å². The molecule has 3 aromatic heterocycles. The molecule has 0 unspecified atom stereocenters. The highest BCUT2D eigenvalue weighted by atomic mass is 15.2. The van der Waals surface area contributed by atoms with Gasteiger partial charge in [-0.05, 0) is 36.4 Å². The summed E-state index contributed by atoms with van der Waals surface area (Å²) in [5.41, 5.74) is 6.16. The Kier molecular flexibility index (Phi) is 5.32. The van der Waals surface area contributed by atoms with Crippen molar-refractivity contribution in [1.82, 2.24) is 24.1 Å². The molecule has 0 atom stereocenters. The highest BCUT2D eigenvalue weighted by Gasteiger charge is 2.24. The summed E-state index contributed by atoms with van der Waals surface area (Å²) in [5, 5.41) is 4.80. The topological polar surface area (TPSA) is 48.5 Å². The standard InChI is InChI=1S/C37H29N5/c1-37(2,3)35-38-34(39-36(40-35)42-31-21-11-6-16-26(31)27-17-7-12-22-32(27)42)28-18-8-13-23-33(28)41-29-19-9-4-14-24(29)25-15-5-10-20-30(25)41/h4-23H,1-3H3. The average molecular weight is 544 g/mol. The number of aromatic nitrogens is 5. The van der Waals surface area contributed by atoms with Crippen molar-refractivity contribution in [3.05, 3.63) is 127 Å². The van der Waals surface area contributed by atoms with E-state index in [0.29, 0.717) is 11.8 Å². The fraction of sp³-hybridized carbons (Fsp3) is 0.108. The molecule has 0 bridgehead atoms. The summed E-state index contributed by atoms with van der Waals surface area (Å²) in [4.78, 5) is 15.4. The smallest absolute Gasteiger partial charge is 0.238 e. The first kappa shape index (κ1) is 24.5. The van der Waals surface area contributed by atoms with E-state index in [2.05, 4.69) is 151 Å². The van der Waals surface area contributed by atoms with Crippen LogP contribution in [0, 0.1) is 0 Å². The van der Waals surface area contributed by atoms with Gasteiger partial charge >= 0.3 is 0 Å².